The fraction of sp³-hybridized carbons (Fsp3) is 0.0294. The van der Waals surface area contributed by atoms with E-state index in [0.29, 0.717) is 12.0 Å². The molecule has 0 saturated heterocycles. The van der Waals surface area contributed by atoms with E-state index in [1.165, 1.54) is 50.0 Å². The highest BCUT2D eigenvalue weighted by Crippen LogP contribution is 2.40. The molecule has 0 atom stereocenters. The Labute approximate surface area is 216 Å². The largest absolute Gasteiger partial charge is 0.405 e. The summed E-state index contributed by atoms with van der Waals surface area (Å²) in [6.45, 7) is 0. The maximum atomic E-state index is 9.50. The van der Waals surface area contributed by atoms with Crippen molar-refractivity contribution < 1.29 is 0 Å². The first kappa shape index (κ1) is 22.4. The maximum Gasteiger partial charge on any atom is 0.0988 e. The number of hydrogen-bond donors (Lipinski definition) is 1. The third kappa shape index (κ3) is 3.95. The number of nitriles is 1. The molecule has 0 aliphatic rings. The van der Waals surface area contributed by atoms with Gasteiger partial charge in [-0.25, -0.2) is 0 Å². The van der Waals surface area contributed by atoms with Crippen LogP contribution in [0.5, 0.6) is 0 Å². The van der Waals surface area contributed by atoms with Crippen molar-refractivity contribution in [3.63, 3.8) is 0 Å². The van der Waals surface area contributed by atoms with Crippen LogP contribution in [0.4, 0.5) is 0 Å². The first-order valence-electron chi connectivity index (χ1n) is 12.4. The lowest BCUT2D eigenvalue weighted by Crippen LogP contribution is -1.95. The lowest BCUT2D eigenvalue weighted by molar-refractivity contribution is 1.17. The highest BCUT2D eigenvalue weighted by atomic mass is 15.0. The van der Waals surface area contributed by atoms with Crippen molar-refractivity contribution in [3.8, 4) is 22.9 Å². The average molecular weight is 476 g/mol. The Balaban J connectivity index is 1.70. The zero-order chi connectivity index (χ0) is 25.2. The van der Waals surface area contributed by atoms with Crippen LogP contribution in [-0.2, 0) is 6.42 Å². The number of rotatable bonds is 5. The van der Waals surface area contributed by atoms with Crippen LogP contribution in [0.15, 0.2) is 133 Å². The molecule has 2 N–H and O–H groups in total. The molecule has 3 nitrogen and oxygen atoms in total. The monoisotopic (exact) mass is 475 g/mol. The minimum atomic E-state index is 0.558. The molecule has 0 fully saturated rings. The smallest absolute Gasteiger partial charge is 0.0988 e. The van der Waals surface area contributed by atoms with Gasteiger partial charge in [-0.1, -0.05) is 91.0 Å². The van der Waals surface area contributed by atoms with Crippen molar-refractivity contribution in [3.05, 3.63) is 139 Å². The summed E-state index contributed by atoms with van der Waals surface area (Å²) in [7, 11) is 0. The van der Waals surface area contributed by atoms with Gasteiger partial charge >= 0.3 is 0 Å². The van der Waals surface area contributed by atoms with Gasteiger partial charge in [0, 0.05) is 22.0 Å². The Kier molecular flexibility index (Phi) is 5.77. The number of aromatic nitrogens is 1. The average Bonchev–Trinajstić information content (AvgIpc) is 3.29. The summed E-state index contributed by atoms with van der Waals surface area (Å²) in [5.74, 6) is 0. The summed E-state index contributed by atoms with van der Waals surface area (Å²) in [6.07, 6.45) is 5.63. The number of benzene rings is 5. The van der Waals surface area contributed by atoms with E-state index in [9.17, 15) is 5.26 Å². The van der Waals surface area contributed by atoms with Crippen LogP contribution >= 0.6 is 0 Å². The van der Waals surface area contributed by atoms with E-state index >= 15 is 0 Å². The van der Waals surface area contributed by atoms with Gasteiger partial charge in [-0.2, -0.15) is 5.26 Å². The van der Waals surface area contributed by atoms with E-state index < -0.39 is 0 Å². The van der Waals surface area contributed by atoms with Gasteiger partial charge in [0.05, 0.1) is 17.1 Å². The summed E-state index contributed by atoms with van der Waals surface area (Å²) in [6, 6.07) is 40.9. The zero-order valence-corrected chi connectivity index (χ0v) is 20.3. The van der Waals surface area contributed by atoms with Gasteiger partial charge in [0.25, 0.3) is 0 Å². The number of fused-ring (bicyclic) bond motifs is 5. The highest BCUT2D eigenvalue weighted by Gasteiger charge is 2.17. The molecule has 6 aromatic rings. The van der Waals surface area contributed by atoms with Crippen molar-refractivity contribution in [2.75, 3.05) is 0 Å². The molecule has 0 amide bonds. The molecule has 0 aliphatic heterocycles. The summed E-state index contributed by atoms with van der Waals surface area (Å²) in [5.41, 5.74) is 13.1. The number of nitrogens with zero attached hydrogens (tertiary/aromatic N) is 2. The van der Waals surface area contributed by atoms with Crippen LogP contribution in [0, 0.1) is 11.3 Å². The Morgan fingerprint density at radius 3 is 2.16 bits per heavy atom. The first-order valence-corrected chi connectivity index (χ1v) is 12.4. The molecule has 176 valence electrons. The summed E-state index contributed by atoms with van der Waals surface area (Å²) in [5, 5.41) is 14.4. The molecule has 0 bridgehead atoms. The SMILES string of the molecule is N#CC(/C=C\N)=C/Cc1cc2c(c3ccccc13)c1ccc(-c3ccccc3)cc1n2-c1ccccc1. The van der Waals surface area contributed by atoms with Crippen LogP contribution in [0.2, 0.25) is 0 Å². The third-order valence-corrected chi connectivity index (χ3v) is 6.93. The number of allylic oxidation sites excluding steroid dienone is 3. The van der Waals surface area contributed by atoms with Gasteiger partial charge in [0.1, 0.15) is 0 Å². The van der Waals surface area contributed by atoms with Crippen molar-refractivity contribution in [2.24, 2.45) is 5.73 Å². The first-order chi connectivity index (χ1) is 18.3. The molecular weight excluding hydrogens is 450 g/mol. The Bertz CT molecular complexity index is 1850. The normalized spacial score (nSPS) is 12.0. The van der Waals surface area contributed by atoms with Gasteiger partial charge in [-0.15, -0.1) is 0 Å². The van der Waals surface area contributed by atoms with Gasteiger partial charge in [0.2, 0.25) is 0 Å². The van der Waals surface area contributed by atoms with Crippen LogP contribution in [-0.4, -0.2) is 4.57 Å². The molecule has 0 radical (unpaired) electrons. The van der Waals surface area contributed by atoms with Gasteiger partial charge in [0.15, 0.2) is 0 Å². The third-order valence-electron chi connectivity index (χ3n) is 6.93. The molecule has 0 spiro atoms. The second kappa shape index (κ2) is 9.53. The molecule has 5 aromatic carbocycles. The predicted octanol–water partition coefficient (Wildman–Crippen LogP) is 8.07. The summed E-state index contributed by atoms with van der Waals surface area (Å²) < 4.78 is 2.36. The maximum absolute atomic E-state index is 9.50. The molecular formula is C34H25N3. The molecule has 0 unspecified atom stereocenters. The van der Waals surface area contributed by atoms with Crippen LogP contribution in [0.25, 0.3) is 49.4 Å². The minimum absolute atomic E-state index is 0.558. The van der Waals surface area contributed by atoms with E-state index in [4.69, 9.17) is 5.73 Å². The van der Waals surface area contributed by atoms with E-state index in [-0.39, 0.29) is 0 Å². The Morgan fingerprint density at radius 2 is 1.43 bits per heavy atom. The van der Waals surface area contributed by atoms with Crippen molar-refractivity contribution >= 4 is 32.6 Å². The van der Waals surface area contributed by atoms with Crippen molar-refractivity contribution in [1.29, 1.82) is 5.26 Å². The molecule has 1 aromatic heterocycles. The lowest BCUT2D eigenvalue weighted by Gasteiger charge is -2.11. The second-order valence-corrected chi connectivity index (χ2v) is 9.08. The molecule has 37 heavy (non-hydrogen) atoms. The van der Waals surface area contributed by atoms with Gasteiger partial charge in [-0.05, 0) is 70.4 Å². The molecule has 1 heterocycles. The number of para-hydroxylation sites is 1. The second-order valence-electron chi connectivity index (χ2n) is 9.08. The van der Waals surface area contributed by atoms with E-state index in [1.807, 2.05) is 18.2 Å². The van der Waals surface area contributed by atoms with Gasteiger partial charge < -0.3 is 10.3 Å². The minimum Gasteiger partial charge on any atom is -0.405 e. The molecule has 0 aliphatic carbocycles. The Hall–Kier alpha value is -5.07. The molecule has 3 heteroatoms. The zero-order valence-electron chi connectivity index (χ0n) is 20.3. The van der Waals surface area contributed by atoms with Crippen molar-refractivity contribution in [2.45, 2.75) is 6.42 Å². The van der Waals surface area contributed by atoms with Crippen LogP contribution in [0.1, 0.15) is 5.56 Å². The van der Waals surface area contributed by atoms with E-state index in [0.717, 1.165) is 11.2 Å². The van der Waals surface area contributed by atoms with Crippen molar-refractivity contribution in [1.82, 2.24) is 4.57 Å². The van der Waals surface area contributed by atoms with Gasteiger partial charge in [-0.3, -0.25) is 0 Å². The van der Waals surface area contributed by atoms with Crippen LogP contribution in [0.3, 0.4) is 0 Å². The highest BCUT2D eigenvalue weighted by molar-refractivity contribution is 6.22. The lowest BCUT2D eigenvalue weighted by atomic mass is 9.96. The number of hydrogen-bond acceptors (Lipinski definition) is 2. The standard InChI is InChI=1S/C34H25N3/c35-20-19-24(23-36)15-16-27-22-33-34(30-14-8-7-13-29(27)30)31-18-17-26(25-9-3-1-4-10-25)21-32(31)37(33)28-11-5-2-6-12-28/h1-15,17-22H,16,35H2/b20-19-,24-15+. The summed E-state index contributed by atoms with van der Waals surface area (Å²) in [4.78, 5) is 0. The molecule has 6 rings (SSSR count). The predicted molar refractivity (Wildman–Crippen MR) is 154 cm³/mol. The fourth-order valence-electron chi connectivity index (χ4n) is 5.26. The fourth-order valence-corrected chi connectivity index (χ4v) is 5.26. The summed E-state index contributed by atoms with van der Waals surface area (Å²) >= 11 is 0. The Morgan fingerprint density at radius 1 is 0.730 bits per heavy atom. The van der Waals surface area contributed by atoms with E-state index in [1.54, 1.807) is 6.08 Å². The van der Waals surface area contributed by atoms with Crippen LogP contribution < -0.4 is 5.73 Å². The number of nitrogens with two attached hydrogens (primary N) is 1. The molecule has 0 saturated carbocycles. The quantitative estimate of drug-likeness (QED) is 0.202. The topological polar surface area (TPSA) is 54.7 Å². The van der Waals surface area contributed by atoms with E-state index in [2.05, 4.69) is 108 Å².